The van der Waals surface area contributed by atoms with Crippen molar-refractivity contribution in [2.45, 2.75) is 10.9 Å². The lowest BCUT2D eigenvalue weighted by Gasteiger charge is -2.15. The standard InChI is InChI=1S/C14H16N4OS/c15-12-7-4-8-17-14(12)20-9-11(13(19)18-16)10-5-2-1-3-6-10/h1-8,11H,9,15-16H2,(H,18,19). The molecule has 0 saturated heterocycles. The number of anilines is 1. The van der Waals surface area contributed by atoms with Gasteiger partial charge in [-0.15, -0.1) is 11.8 Å². The Morgan fingerprint density at radius 3 is 2.65 bits per heavy atom. The number of nitrogens with two attached hydrogens (primary N) is 2. The third kappa shape index (κ3) is 3.49. The van der Waals surface area contributed by atoms with Gasteiger partial charge in [0.15, 0.2) is 0 Å². The van der Waals surface area contributed by atoms with Gasteiger partial charge in [0.25, 0.3) is 0 Å². The molecule has 1 heterocycles. The summed E-state index contributed by atoms with van der Waals surface area (Å²) in [6.45, 7) is 0. The number of rotatable bonds is 5. The molecular weight excluding hydrogens is 272 g/mol. The average molecular weight is 288 g/mol. The lowest BCUT2D eigenvalue weighted by atomic mass is 10.0. The number of hydrogen-bond donors (Lipinski definition) is 3. The maximum absolute atomic E-state index is 11.9. The summed E-state index contributed by atoms with van der Waals surface area (Å²) in [4.78, 5) is 16.1. The number of nitrogen functional groups attached to an aromatic ring is 1. The van der Waals surface area contributed by atoms with Gasteiger partial charge in [0, 0.05) is 11.9 Å². The lowest BCUT2D eigenvalue weighted by molar-refractivity contribution is -0.122. The zero-order valence-corrected chi connectivity index (χ0v) is 11.6. The molecule has 0 radical (unpaired) electrons. The van der Waals surface area contributed by atoms with E-state index in [2.05, 4.69) is 10.4 Å². The molecule has 0 aliphatic rings. The van der Waals surface area contributed by atoms with Gasteiger partial charge < -0.3 is 5.73 Å². The molecule has 20 heavy (non-hydrogen) atoms. The van der Waals surface area contributed by atoms with E-state index >= 15 is 0 Å². The van der Waals surface area contributed by atoms with Crippen molar-refractivity contribution in [3.63, 3.8) is 0 Å². The van der Waals surface area contributed by atoms with Crippen LogP contribution in [0.25, 0.3) is 0 Å². The van der Waals surface area contributed by atoms with E-state index in [1.807, 2.05) is 30.3 Å². The molecule has 0 aliphatic heterocycles. The van der Waals surface area contributed by atoms with E-state index in [1.165, 1.54) is 11.8 Å². The normalized spacial score (nSPS) is 11.8. The summed E-state index contributed by atoms with van der Waals surface area (Å²) < 4.78 is 0. The van der Waals surface area contributed by atoms with E-state index < -0.39 is 0 Å². The second-order valence-electron chi connectivity index (χ2n) is 4.18. The highest BCUT2D eigenvalue weighted by Gasteiger charge is 2.20. The maximum atomic E-state index is 11.9. The Balaban J connectivity index is 2.14. The largest absolute Gasteiger partial charge is 0.397 e. The van der Waals surface area contributed by atoms with Crippen molar-refractivity contribution in [2.24, 2.45) is 5.84 Å². The van der Waals surface area contributed by atoms with E-state index in [0.717, 1.165) is 10.6 Å². The van der Waals surface area contributed by atoms with Crippen LogP contribution in [-0.2, 0) is 4.79 Å². The smallest absolute Gasteiger partial charge is 0.242 e. The summed E-state index contributed by atoms with van der Waals surface area (Å²) >= 11 is 1.44. The second kappa shape index (κ2) is 6.93. The minimum absolute atomic E-state index is 0.224. The summed E-state index contributed by atoms with van der Waals surface area (Å²) in [7, 11) is 0. The average Bonchev–Trinajstić information content (AvgIpc) is 2.50. The molecule has 5 nitrogen and oxygen atoms in total. The van der Waals surface area contributed by atoms with Crippen LogP contribution in [0.15, 0.2) is 53.7 Å². The van der Waals surface area contributed by atoms with Gasteiger partial charge in [0.2, 0.25) is 5.91 Å². The van der Waals surface area contributed by atoms with E-state index in [-0.39, 0.29) is 11.8 Å². The van der Waals surface area contributed by atoms with Crippen LogP contribution in [0.1, 0.15) is 11.5 Å². The molecule has 6 heteroatoms. The quantitative estimate of drug-likeness (QED) is 0.336. The highest BCUT2D eigenvalue weighted by Crippen LogP contribution is 2.28. The summed E-state index contributed by atoms with van der Waals surface area (Å²) in [6.07, 6.45) is 1.68. The minimum Gasteiger partial charge on any atom is -0.397 e. The van der Waals surface area contributed by atoms with Crippen LogP contribution in [-0.4, -0.2) is 16.6 Å². The van der Waals surface area contributed by atoms with Crippen LogP contribution in [0.3, 0.4) is 0 Å². The summed E-state index contributed by atoms with van der Waals surface area (Å²) in [5.41, 5.74) is 9.58. The summed E-state index contributed by atoms with van der Waals surface area (Å²) in [6, 6.07) is 13.1. The van der Waals surface area contributed by atoms with Crippen molar-refractivity contribution in [1.82, 2.24) is 10.4 Å². The van der Waals surface area contributed by atoms with Gasteiger partial charge in [-0.05, 0) is 17.7 Å². The number of amides is 1. The van der Waals surface area contributed by atoms with Gasteiger partial charge >= 0.3 is 0 Å². The second-order valence-corrected chi connectivity index (χ2v) is 5.19. The van der Waals surface area contributed by atoms with Gasteiger partial charge in [-0.3, -0.25) is 10.2 Å². The van der Waals surface area contributed by atoms with E-state index in [4.69, 9.17) is 11.6 Å². The van der Waals surface area contributed by atoms with Gasteiger partial charge in [-0.2, -0.15) is 0 Å². The predicted molar refractivity (Wildman–Crippen MR) is 80.9 cm³/mol. The molecule has 0 spiro atoms. The zero-order chi connectivity index (χ0) is 14.4. The van der Waals surface area contributed by atoms with Gasteiger partial charge in [-0.25, -0.2) is 10.8 Å². The van der Waals surface area contributed by atoms with Gasteiger partial charge in [-0.1, -0.05) is 30.3 Å². The molecule has 1 aromatic carbocycles. The first-order valence-corrected chi connectivity index (χ1v) is 7.09. The van der Waals surface area contributed by atoms with Crippen molar-refractivity contribution in [1.29, 1.82) is 0 Å². The van der Waals surface area contributed by atoms with Crippen molar-refractivity contribution in [2.75, 3.05) is 11.5 Å². The molecule has 0 bridgehead atoms. The molecular formula is C14H16N4OS. The monoisotopic (exact) mass is 288 g/mol. The van der Waals surface area contributed by atoms with Gasteiger partial charge in [0.1, 0.15) is 5.03 Å². The third-order valence-corrected chi connectivity index (χ3v) is 3.96. The number of pyridine rings is 1. The number of hydrazine groups is 1. The number of thioether (sulfide) groups is 1. The van der Waals surface area contributed by atoms with Crippen LogP contribution in [0, 0.1) is 0 Å². The van der Waals surface area contributed by atoms with Crippen LogP contribution < -0.4 is 17.0 Å². The number of nitrogens with zero attached hydrogens (tertiary/aromatic N) is 1. The number of hydrogen-bond acceptors (Lipinski definition) is 5. The Bertz CT molecular complexity index is 576. The highest BCUT2D eigenvalue weighted by atomic mass is 32.2. The SMILES string of the molecule is NNC(=O)C(CSc1ncccc1N)c1ccccc1. The molecule has 1 aromatic heterocycles. The lowest BCUT2D eigenvalue weighted by Crippen LogP contribution is -2.35. The van der Waals surface area contributed by atoms with Crippen molar-refractivity contribution in [3.8, 4) is 0 Å². The summed E-state index contributed by atoms with van der Waals surface area (Å²) in [5, 5.41) is 0.721. The molecule has 1 unspecified atom stereocenters. The Hall–Kier alpha value is -2.05. The van der Waals surface area contributed by atoms with Crippen LogP contribution in [0.5, 0.6) is 0 Å². The third-order valence-electron chi connectivity index (χ3n) is 2.85. The van der Waals surface area contributed by atoms with E-state index in [1.54, 1.807) is 18.3 Å². The highest BCUT2D eigenvalue weighted by molar-refractivity contribution is 7.99. The van der Waals surface area contributed by atoms with Crippen molar-refractivity contribution in [3.05, 3.63) is 54.2 Å². The van der Waals surface area contributed by atoms with Crippen LogP contribution >= 0.6 is 11.8 Å². The fraction of sp³-hybridized carbons (Fsp3) is 0.143. The first-order chi connectivity index (χ1) is 9.72. The molecule has 2 aromatic rings. The Morgan fingerprint density at radius 1 is 1.25 bits per heavy atom. The predicted octanol–water partition coefficient (Wildman–Crippen LogP) is 1.53. The topological polar surface area (TPSA) is 94.0 Å². The molecule has 2 rings (SSSR count). The van der Waals surface area contributed by atoms with Crippen LogP contribution in [0.4, 0.5) is 5.69 Å². The first kappa shape index (κ1) is 14.4. The number of benzene rings is 1. The van der Waals surface area contributed by atoms with E-state index in [9.17, 15) is 4.79 Å². The van der Waals surface area contributed by atoms with Crippen molar-refractivity contribution >= 4 is 23.4 Å². The number of carbonyl (C=O) groups excluding carboxylic acids is 1. The molecule has 1 atom stereocenters. The fourth-order valence-electron chi connectivity index (χ4n) is 1.80. The first-order valence-electron chi connectivity index (χ1n) is 6.11. The Morgan fingerprint density at radius 2 is 2.00 bits per heavy atom. The number of aromatic nitrogens is 1. The molecule has 5 N–H and O–H groups in total. The molecule has 0 fully saturated rings. The Labute approximate surface area is 121 Å². The summed E-state index contributed by atoms with van der Waals surface area (Å²) in [5.74, 6) is 5.22. The van der Waals surface area contributed by atoms with Gasteiger partial charge in [0.05, 0.1) is 11.6 Å². The molecule has 104 valence electrons. The molecule has 0 aliphatic carbocycles. The molecule has 0 saturated carbocycles. The molecule has 1 amide bonds. The number of nitrogens with one attached hydrogen (secondary N) is 1. The maximum Gasteiger partial charge on any atom is 0.242 e. The zero-order valence-electron chi connectivity index (χ0n) is 10.8. The number of carbonyl (C=O) groups is 1. The van der Waals surface area contributed by atoms with Crippen molar-refractivity contribution < 1.29 is 4.79 Å². The minimum atomic E-state index is -0.340. The Kier molecular flexibility index (Phi) is 4.97. The fourth-order valence-corrected chi connectivity index (χ4v) is 2.83. The van der Waals surface area contributed by atoms with E-state index in [0.29, 0.717) is 11.4 Å². The van der Waals surface area contributed by atoms with Crippen LogP contribution in [0.2, 0.25) is 0 Å².